The third-order valence-electron chi connectivity index (χ3n) is 5.22. The lowest BCUT2D eigenvalue weighted by Crippen LogP contribution is -2.41. The number of oxazole rings is 1. The first-order valence-electron chi connectivity index (χ1n) is 10.5. The highest BCUT2D eigenvalue weighted by Crippen LogP contribution is 2.33. The van der Waals surface area contributed by atoms with E-state index in [2.05, 4.69) is 30.4 Å². The minimum Gasteiger partial charge on any atom is -0.408 e. The number of amides is 1. The zero-order valence-corrected chi connectivity index (χ0v) is 18.4. The number of alkyl halides is 3. The van der Waals surface area contributed by atoms with E-state index in [4.69, 9.17) is 4.42 Å². The number of aryl methyl sites for hydroxylation is 1. The van der Waals surface area contributed by atoms with E-state index in [-0.39, 0.29) is 30.3 Å². The van der Waals surface area contributed by atoms with Crippen LogP contribution in [0.3, 0.4) is 0 Å². The number of H-pyrrole nitrogens is 1. The van der Waals surface area contributed by atoms with Crippen molar-refractivity contribution in [3.63, 3.8) is 0 Å². The van der Waals surface area contributed by atoms with Gasteiger partial charge in [-0.1, -0.05) is 0 Å². The Kier molecular flexibility index (Phi) is 5.74. The van der Waals surface area contributed by atoms with E-state index in [1.54, 1.807) is 6.07 Å². The van der Waals surface area contributed by atoms with Crippen LogP contribution in [0.25, 0.3) is 11.1 Å². The third-order valence-corrected chi connectivity index (χ3v) is 5.22. The summed E-state index contributed by atoms with van der Waals surface area (Å²) in [6.07, 6.45) is -4.35. The largest absolute Gasteiger partial charge is 0.493 e. The smallest absolute Gasteiger partial charge is 0.408 e. The summed E-state index contributed by atoms with van der Waals surface area (Å²) < 4.78 is 57.1. The maximum Gasteiger partial charge on any atom is 0.493 e. The number of fused-ring (bicyclic) bond motifs is 2. The van der Waals surface area contributed by atoms with Gasteiger partial charge in [-0.05, 0) is 48.4 Å². The fourth-order valence-corrected chi connectivity index (χ4v) is 3.58. The number of hydrogen-bond donors (Lipinski definition) is 3. The molecule has 2 aromatic heterocycles. The Morgan fingerprint density at radius 1 is 1.08 bits per heavy atom. The monoisotopic (exact) mass is 518 g/mol. The maximum absolute atomic E-state index is 14.4. The fraction of sp³-hybridized carbons (Fsp3) is 0.136. The molecular formula is C22H14F4N6O5. The molecule has 0 saturated heterocycles. The van der Waals surface area contributed by atoms with Gasteiger partial charge in [0, 0.05) is 17.8 Å². The Bertz CT molecular complexity index is 1600. The van der Waals surface area contributed by atoms with E-state index in [0.29, 0.717) is 33.1 Å². The van der Waals surface area contributed by atoms with E-state index in [0.717, 1.165) is 6.20 Å². The van der Waals surface area contributed by atoms with Crippen LogP contribution in [0.4, 0.5) is 46.4 Å². The molecule has 0 atom stereocenters. The van der Waals surface area contributed by atoms with Crippen molar-refractivity contribution >= 4 is 51.8 Å². The number of nitrogens with zero attached hydrogens (tertiary/aromatic N) is 3. The molecular weight excluding hydrogens is 504 g/mol. The summed E-state index contributed by atoms with van der Waals surface area (Å²) in [6.45, 7) is 0. The Hall–Kier alpha value is -4.95. The molecule has 1 aliphatic rings. The summed E-state index contributed by atoms with van der Waals surface area (Å²) in [4.78, 5) is 49.3. The summed E-state index contributed by atoms with van der Waals surface area (Å²) in [5.41, 5.74) is 1.90. The van der Waals surface area contributed by atoms with Gasteiger partial charge in [-0.3, -0.25) is 9.78 Å². The zero-order chi connectivity index (χ0) is 26.3. The molecule has 0 saturated carbocycles. The minimum absolute atomic E-state index is 0.0190. The van der Waals surface area contributed by atoms with Crippen LogP contribution in [0.2, 0.25) is 0 Å². The van der Waals surface area contributed by atoms with Gasteiger partial charge in [-0.25, -0.2) is 19.0 Å². The van der Waals surface area contributed by atoms with Crippen molar-refractivity contribution in [1.82, 2.24) is 15.0 Å². The van der Waals surface area contributed by atoms with Crippen LogP contribution in [0, 0.1) is 5.82 Å². The van der Waals surface area contributed by atoms with Crippen molar-refractivity contribution in [2.75, 3.05) is 15.7 Å². The van der Waals surface area contributed by atoms with Gasteiger partial charge in [-0.2, -0.15) is 18.2 Å². The average Bonchev–Trinajstić information content (AvgIpc) is 3.21. The van der Waals surface area contributed by atoms with Crippen LogP contribution < -0.4 is 21.5 Å². The van der Waals surface area contributed by atoms with Crippen molar-refractivity contribution in [2.45, 2.75) is 19.0 Å². The SMILES string of the molecule is O=C1CCc2cc(Nc3ncc(F)c(Nc4ccc5oc(=O)[nH]c5c4)n3)ccc2N1OC(=O)C(F)(F)F. The highest BCUT2D eigenvalue weighted by Gasteiger charge is 2.44. The Morgan fingerprint density at radius 2 is 1.84 bits per heavy atom. The number of hydrogen-bond acceptors (Lipinski definition) is 9. The molecule has 0 spiro atoms. The predicted molar refractivity (Wildman–Crippen MR) is 120 cm³/mol. The van der Waals surface area contributed by atoms with Gasteiger partial charge < -0.3 is 19.9 Å². The van der Waals surface area contributed by atoms with Crippen molar-refractivity contribution in [1.29, 1.82) is 0 Å². The van der Waals surface area contributed by atoms with Gasteiger partial charge in [0.2, 0.25) is 5.95 Å². The molecule has 3 heterocycles. The summed E-state index contributed by atoms with van der Waals surface area (Å²) in [5.74, 6) is -4.93. The number of carbonyl (C=O) groups is 2. The number of anilines is 5. The van der Waals surface area contributed by atoms with Crippen LogP contribution in [0.1, 0.15) is 12.0 Å². The predicted octanol–water partition coefficient (Wildman–Crippen LogP) is 3.84. The molecule has 11 nitrogen and oxygen atoms in total. The lowest BCUT2D eigenvalue weighted by Gasteiger charge is -2.28. The van der Waals surface area contributed by atoms with E-state index < -0.39 is 29.6 Å². The number of rotatable bonds is 5. The number of aromatic nitrogens is 3. The Balaban J connectivity index is 1.36. The summed E-state index contributed by atoms with van der Waals surface area (Å²) in [6, 6.07) is 8.80. The van der Waals surface area contributed by atoms with Crippen molar-refractivity contribution in [3.05, 3.63) is 64.5 Å². The van der Waals surface area contributed by atoms with E-state index in [9.17, 15) is 31.9 Å². The summed E-state index contributed by atoms with van der Waals surface area (Å²) >= 11 is 0. The first-order valence-corrected chi connectivity index (χ1v) is 10.5. The molecule has 3 N–H and O–H groups in total. The minimum atomic E-state index is -5.27. The summed E-state index contributed by atoms with van der Waals surface area (Å²) in [7, 11) is 0. The molecule has 1 aliphatic heterocycles. The lowest BCUT2D eigenvalue weighted by atomic mass is 10.0. The standard InChI is InChI=1S/C22H14F4N6O5/c23-13-9-27-20(31-18(13)28-12-3-5-16-14(8-12)30-21(35)36-16)29-11-2-4-15-10(7-11)1-6-17(33)32(15)37-19(34)22(24,25)26/h2-5,7-9H,1,6H2,(H,30,35)(H2,27,28,29,31). The highest BCUT2D eigenvalue weighted by molar-refractivity contribution is 5.97. The lowest BCUT2D eigenvalue weighted by molar-refractivity contribution is -0.201. The molecule has 0 bridgehead atoms. The van der Waals surface area contributed by atoms with Crippen LogP contribution in [-0.4, -0.2) is 33.0 Å². The second kappa shape index (κ2) is 8.92. The normalized spacial score (nSPS) is 13.4. The molecule has 0 fully saturated rings. The topological polar surface area (TPSA) is 142 Å². The molecule has 190 valence electrons. The molecule has 4 aromatic rings. The van der Waals surface area contributed by atoms with Crippen LogP contribution >= 0.6 is 0 Å². The highest BCUT2D eigenvalue weighted by atomic mass is 19.4. The first kappa shape index (κ1) is 23.8. The van der Waals surface area contributed by atoms with Gasteiger partial charge in [0.1, 0.15) is 0 Å². The maximum atomic E-state index is 14.4. The number of benzene rings is 2. The third kappa shape index (κ3) is 4.91. The van der Waals surface area contributed by atoms with Gasteiger partial charge in [0.15, 0.2) is 17.2 Å². The van der Waals surface area contributed by atoms with Crippen molar-refractivity contribution in [2.24, 2.45) is 0 Å². The molecule has 15 heteroatoms. The van der Waals surface area contributed by atoms with Crippen molar-refractivity contribution in [3.8, 4) is 0 Å². The van der Waals surface area contributed by atoms with Crippen LogP contribution in [0.5, 0.6) is 0 Å². The molecule has 5 rings (SSSR count). The molecule has 0 radical (unpaired) electrons. The average molecular weight is 518 g/mol. The van der Waals surface area contributed by atoms with Gasteiger partial charge in [-0.15, -0.1) is 5.06 Å². The fourth-order valence-electron chi connectivity index (χ4n) is 3.58. The molecule has 0 unspecified atom stereocenters. The Morgan fingerprint density at radius 3 is 2.62 bits per heavy atom. The van der Waals surface area contributed by atoms with Crippen LogP contribution in [-0.2, 0) is 20.8 Å². The van der Waals surface area contributed by atoms with E-state index >= 15 is 0 Å². The molecule has 2 aromatic carbocycles. The summed E-state index contributed by atoms with van der Waals surface area (Å²) in [5, 5.41) is 5.94. The zero-order valence-electron chi connectivity index (χ0n) is 18.4. The number of halogens is 4. The Labute approximate surface area is 203 Å². The van der Waals surface area contributed by atoms with Crippen molar-refractivity contribution < 1.29 is 36.4 Å². The van der Waals surface area contributed by atoms with Gasteiger partial charge in [0.05, 0.1) is 17.4 Å². The number of carbonyl (C=O) groups excluding carboxylic acids is 2. The quantitative estimate of drug-likeness (QED) is 0.336. The number of hydroxylamine groups is 1. The van der Waals surface area contributed by atoms with Gasteiger partial charge >= 0.3 is 17.9 Å². The number of nitrogens with one attached hydrogen (secondary N) is 3. The second-order valence-electron chi connectivity index (χ2n) is 7.77. The first-order chi connectivity index (χ1) is 17.6. The van der Waals surface area contributed by atoms with E-state index in [1.807, 2.05) is 0 Å². The second-order valence-corrected chi connectivity index (χ2v) is 7.77. The van der Waals surface area contributed by atoms with Crippen LogP contribution in [0.15, 0.2) is 51.8 Å². The molecule has 37 heavy (non-hydrogen) atoms. The molecule has 0 aliphatic carbocycles. The van der Waals surface area contributed by atoms with E-state index in [1.165, 1.54) is 30.3 Å². The van der Waals surface area contributed by atoms with Gasteiger partial charge in [0.25, 0.3) is 5.91 Å². The molecule has 1 amide bonds. The number of aromatic amines is 1.